The highest BCUT2D eigenvalue weighted by molar-refractivity contribution is 5.88. The molecule has 1 fully saturated rings. The summed E-state index contributed by atoms with van der Waals surface area (Å²) in [7, 11) is 0. The first kappa shape index (κ1) is 24.0. The van der Waals surface area contributed by atoms with Gasteiger partial charge in [-0.3, -0.25) is 9.59 Å². The van der Waals surface area contributed by atoms with E-state index >= 15 is 0 Å². The van der Waals surface area contributed by atoms with Crippen molar-refractivity contribution in [2.75, 3.05) is 31.1 Å². The van der Waals surface area contributed by atoms with Crippen molar-refractivity contribution in [2.45, 2.75) is 53.3 Å². The third kappa shape index (κ3) is 6.34. The van der Waals surface area contributed by atoms with Crippen LogP contribution in [0.2, 0.25) is 0 Å². The molecule has 30 heavy (non-hydrogen) atoms. The summed E-state index contributed by atoms with van der Waals surface area (Å²) < 4.78 is 39.8. The summed E-state index contributed by atoms with van der Waals surface area (Å²) in [5, 5.41) is 2.84. The van der Waals surface area contributed by atoms with Crippen LogP contribution in [-0.4, -0.2) is 53.9 Å². The SMILES string of the molecule is CC(C)C(NC(=O)CC(C)(C)C)C(=O)N1CCN(c2ncccc2C(F)(F)F)CC1. The van der Waals surface area contributed by atoms with Crippen LogP contribution in [0.3, 0.4) is 0 Å². The van der Waals surface area contributed by atoms with E-state index in [9.17, 15) is 22.8 Å². The second kappa shape index (κ2) is 9.22. The van der Waals surface area contributed by atoms with Crippen molar-refractivity contribution in [3.05, 3.63) is 23.9 Å². The molecule has 1 aromatic rings. The van der Waals surface area contributed by atoms with E-state index in [0.29, 0.717) is 6.42 Å². The van der Waals surface area contributed by atoms with E-state index in [2.05, 4.69) is 10.3 Å². The molecule has 0 bridgehead atoms. The second-order valence-corrected chi connectivity index (χ2v) is 9.21. The number of halogens is 3. The molecular weight excluding hydrogens is 397 g/mol. The van der Waals surface area contributed by atoms with Gasteiger partial charge in [0.25, 0.3) is 0 Å². The first-order chi connectivity index (χ1) is 13.8. The molecule has 168 valence electrons. The lowest BCUT2D eigenvalue weighted by molar-refractivity contribution is -0.139. The molecule has 9 heteroatoms. The lowest BCUT2D eigenvalue weighted by atomic mass is 9.91. The van der Waals surface area contributed by atoms with Gasteiger partial charge in [-0.1, -0.05) is 34.6 Å². The number of piperazine rings is 1. The molecule has 0 aliphatic carbocycles. The first-order valence-corrected chi connectivity index (χ1v) is 10.1. The number of hydrogen-bond donors (Lipinski definition) is 1. The van der Waals surface area contributed by atoms with Crippen molar-refractivity contribution >= 4 is 17.6 Å². The Morgan fingerprint density at radius 1 is 1.13 bits per heavy atom. The summed E-state index contributed by atoms with van der Waals surface area (Å²) in [6, 6.07) is 1.62. The Kier molecular flexibility index (Phi) is 7.36. The maximum absolute atomic E-state index is 13.3. The number of hydrogen-bond acceptors (Lipinski definition) is 4. The molecule has 1 aliphatic rings. The number of carbonyl (C=O) groups excluding carboxylic acids is 2. The molecule has 1 aromatic heterocycles. The minimum Gasteiger partial charge on any atom is -0.353 e. The summed E-state index contributed by atoms with van der Waals surface area (Å²) in [5.74, 6) is -0.608. The topological polar surface area (TPSA) is 65.5 Å². The van der Waals surface area contributed by atoms with Crippen LogP contribution in [0.15, 0.2) is 18.3 Å². The van der Waals surface area contributed by atoms with Crippen LogP contribution < -0.4 is 10.2 Å². The highest BCUT2D eigenvalue weighted by atomic mass is 19.4. The molecule has 0 aromatic carbocycles. The Bertz CT molecular complexity index is 751. The smallest absolute Gasteiger partial charge is 0.353 e. The van der Waals surface area contributed by atoms with Crippen LogP contribution in [0.5, 0.6) is 0 Å². The van der Waals surface area contributed by atoms with Crippen molar-refractivity contribution in [1.82, 2.24) is 15.2 Å². The second-order valence-electron chi connectivity index (χ2n) is 9.21. The van der Waals surface area contributed by atoms with Crippen molar-refractivity contribution < 1.29 is 22.8 Å². The van der Waals surface area contributed by atoms with Gasteiger partial charge in [-0.15, -0.1) is 0 Å². The van der Waals surface area contributed by atoms with Gasteiger partial charge in [-0.2, -0.15) is 13.2 Å². The third-order valence-corrected chi connectivity index (χ3v) is 4.92. The van der Waals surface area contributed by atoms with E-state index in [-0.39, 0.29) is 55.1 Å². The number of pyridine rings is 1. The maximum atomic E-state index is 13.3. The molecular formula is C21H31F3N4O2. The first-order valence-electron chi connectivity index (χ1n) is 10.1. The molecule has 2 rings (SSSR count). The van der Waals surface area contributed by atoms with Crippen molar-refractivity contribution in [3.63, 3.8) is 0 Å². The van der Waals surface area contributed by atoms with Crippen LogP contribution in [-0.2, 0) is 15.8 Å². The average Bonchev–Trinajstić information content (AvgIpc) is 2.63. The van der Waals surface area contributed by atoms with E-state index in [1.165, 1.54) is 12.3 Å². The lowest BCUT2D eigenvalue weighted by Gasteiger charge is -2.38. The van der Waals surface area contributed by atoms with Gasteiger partial charge >= 0.3 is 6.18 Å². The van der Waals surface area contributed by atoms with Crippen molar-refractivity contribution in [3.8, 4) is 0 Å². The zero-order chi connectivity index (χ0) is 22.7. The molecule has 2 amide bonds. The zero-order valence-electron chi connectivity index (χ0n) is 18.2. The number of rotatable bonds is 5. The number of alkyl halides is 3. The van der Waals surface area contributed by atoms with Gasteiger partial charge in [-0.05, 0) is 23.5 Å². The van der Waals surface area contributed by atoms with E-state index < -0.39 is 17.8 Å². The Morgan fingerprint density at radius 3 is 2.23 bits per heavy atom. The Balaban J connectivity index is 2.04. The monoisotopic (exact) mass is 428 g/mol. The van der Waals surface area contributed by atoms with Crippen LogP contribution in [0, 0.1) is 11.3 Å². The standard InChI is InChI=1S/C21H31F3N4O2/c1-14(2)17(26-16(29)13-20(3,4)5)19(30)28-11-9-27(10-12-28)18-15(21(22,23)24)7-6-8-25-18/h6-8,14,17H,9-13H2,1-5H3,(H,26,29). The fourth-order valence-corrected chi connectivity index (χ4v) is 3.43. The lowest BCUT2D eigenvalue weighted by Crippen LogP contribution is -2.57. The number of amides is 2. The van der Waals surface area contributed by atoms with E-state index in [4.69, 9.17) is 0 Å². The quantitative estimate of drug-likeness (QED) is 0.781. The van der Waals surface area contributed by atoms with Gasteiger partial charge in [0.05, 0.1) is 5.56 Å². The fourth-order valence-electron chi connectivity index (χ4n) is 3.43. The molecule has 2 heterocycles. The Labute approximate surface area is 175 Å². The summed E-state index contributed by atoms with van der Waals surface area (Å²) in [4.78, 5) is 32.4. The number of nitrogens with one attached hydrogen (secondary N) is 1. The van der Waals surface area contributed by atoms with Crippen LogP contribution in [0.1, 0.15) is 46.6 Å². The van der Waals surface area contributed by atoms with Gasteiger partial charge in [0.1, 0.15) is 11.9 Å². The third-order valence-electron chi connectivity index (χ3n) is 4.92. The Morgan fingerprint density at radius 2 is 1.73 bits per heavy atom. The molecule has 1 N–H and O–H groups in total. The highest BCUT2D eigenvalue weighted by Gasteiger charge is 2.37. The van der Waals surface area contributed by atoms with E-state index in [0.717, 1.165) is 6.07 Å². The number of nitrogens with zero attached hydrogens (tertiary/aromatic N) is 3. The van der Waals surface area contributed by atoms with Gasteiger partial charge in [0, 0.05) is 38.8 Å². The molecule has 1 unspecified atom stereocenters. The highest BCUT2D eigenvalue weighted by Crippen LogP contribution is 2.35. The molecule has 1 saturated heterocycles. The van der Waals surface area contributed by atoms with Gasteiger partial charge in [0.15, 0.2) is 0 Å². The molecule has 1 aliphatic heterocycles. The van der Waals surface area contributed by atoms with E-state index in [1.807, 2.05) is 34.6 Å². The minimum atomic E-state index is -4.49. The molecule has 0 radical (unpaired) electrons. The number of carbonyl (C=O) groups is 2. The maximum Gasteiger partial charge on any atom is 0.419 e. The molecule has 0 saturated carbocycles. The minimum absolute atomic E-state index is 0.105. The van der Waals surface area contributed by atoms with Crippen molar-refractivity contribution in [2.24, 2.45) is 11.3 Å². The summed E-state index contributed by atoms with van der Waals surface area (Å²) >= 11 is 0. The van der Waals surface area contributed by atoms with Gasteiger partial charge < -0.3 is 15.1 Å². The van der Waals surface area contributed by atoms with Crippen LogP contribution in [0.25, 0.3) is 0 Å². The predicted octanol–water partition coefficient (Wildman–Crippen LogP) is 3.33. The van der Waals surface area contributed by atoms with Crippen LogP contribution in [0.4, 0.5) is 19.0 Å². The number of anilines is 1. The van der Waals surface area contributed by atoms with E-state index in [1.54, 1.807) is 9.80 Å². The molecule has 1 atom stereocenters. The Hall–Kier alpha value is -2.32. The predicted molar refractivity (Wildman–Crippen MR) is 109 cm³/mol. The normalized spacial score (nSPS) is 16.6. The summed E-state index contributed by atoms with van der Waals surface area (Å²) in [6.45, 7) is 10.6. The zero-order valence-corrected chi connectivity index (χ0v) is 18.2. The van der Waals surface area contributed by atoms with Crippen molar-refractivity contribution in [1.29, 1.82) is 0 Å². The number of aromatic nitrogens is 1. The van der Waals surface area contributed by atoms with Crippen LogP contribution >= 0.6 is 0 Å². The fraction of sp³-hybridized carbons (Fsp3) is 0.667. The largest absolute Gasteiger partial charge is 0.419 e. The molecule has 0 spiro atoms. The molecule has 6 nitrogen and oxygen atoms in total. The van der Waals surface area contributed by atoms with Gasteiger partial charge in [-0.25, -0.2) is 4.98 Å². The summed E-state index contributed by atoms with van der Waals surface area (Å²) in [6.07, 6.45) is -2.85. The van der Waals surface area contributed by atoms with Gasteiger partial charge in [0.2, 0.25) is 11.8 Å². The summed E-state index contributed by atoms with van der Waals surface area (Å²) in [5.41, 5.74) is -0.974. The average molecular weight is 428 g/mol.